The van der Waals surface area contributed by atoms with Crippen LogP contribution >= 0.6 is 11.8 Å². The van der Waals surface area contributed by atoms with Gasteiger partial charge in [0.2, 0.25) is 11.7 Å². The summed E-state index contributed by atoms with van der Waals surface area (Å²) >= 11 is 1.33. The fraction of sp³-hybridized carbons (Fsp3) is 0.792. The highest BCUT2D eigenvalue weighted by Gasteiger charge is 2.43. The van der Waals surface area contributed by atoms with Crippen LogP contribution in [-0.2, 0) is 28.7 Å². The second-order valence-corrected chi connectivity index (χ2v) is 10.1. The molecule has 0 radical (unpaired) electrons. The normalized spacial score (nSPS) is 18.9. The first-order valence-corrected chi connectivity index (χ1v) is 14.0. The van der Waals surface area contributed by atoms with E-state index in [1.807, 2.05) is 6.92 Å². The Kier molecular flexibility index (Phi) is 12.5. The molecular formula is C24H40N4O7S. The quantitative estimate of drug-likeness (QED) is 0.251. The van der Waals surface area contributed by atoms with E-state index in [0.717, 1.165) is 25.7 Å². The van der Waals surface area contributed by atoms with Gasteiger partial charge >= 0.3 is 12.0 Å². The zero-order valence-electron chi connectivity index (χ0n) is 21.6. The Morgan fingerprint density at radius 2 is 1.69 bits per heavy atom. The Hall–Kier alpha value is -2.34. The minimum Gasteiger partial charge on any atom is -0.467 e. The largest absolute Gasteiger partial charge is 0.467 e. The number of hydrogen-bond acceptors (Lipinski definition) is 8. The van der Waals surface area contributed by atoms with Crippen LogP contribution in [0.2, 0.25) is 0 Å². The molecule has 2 fully saturated rings. The van der Waals surface area contributed by atoms with Crippen LogP contribution in [0.25, 0.3) is 0 Å². The van der Waals surface area contributed by atoms with Gasteiger partial charge in [-0.05, 0) is 25.5 Å². The van der Waals surface area contributed by atoms with Gasteiger partial charge in [-0.15, -0.1) is 0 Å². The number of ketones is 1. The highest BCUT2D eigenvalue weighted by molar-refractivity contribution is 7.98. The smallest absolute Gasteiger partial charge is 0.329 e. The van der Waals surface area contributed by atoms with E-state index in [2.05, 4.69) is 16.0 Å². The van der Waals surface area contributed by atoms with Crippen LogP contribution < -0.4 is 16.0 Å². The maximum Gasteiger partial charge on any atom is 0.329 e. The summed E-state index contributed by atoms with van der Waals surface area (Å²) in [6.07, 6.45) is 6.80. The molecule has 2 atom stereocenters. The zero-order valence-corrected chi connectivity index (χ0v) is 22.4. The lowest BCUT2D eigenvalue weighted by Crippen LogP contribution is -2.65. The van der Waals surface area contributed by atoms with Gasteiger partial charge in [-0.25, -0.2) is 9.59 Å². The van der Waals surface area contributed by atoms with E-state index in [-0.39, 0.29) is 18.2 Å². The van der Waals surface area contributed by atoms with Gasteiger partial charge in [0, 0.05) is 18.8 Å². The first kappa shape index (κ1) is 29.9. The van der Waals surface area contributed by atoms with Crippen molar-refractivity contribution in [2.45, 2.75) is 75.9 Å². The predicted octanol–water partition coefficient (Wildman–Crippen LogP) is 0.996. The highest BCUT2D eigenvalue weighted by atomic mass is 32.2. The van der Waals surface area contributed by atoms with Crippen molar-refractivity contribution >= 4 is 41.4 Å². The number of urea groups is 1. The molecule has 2 rings (SSSR count). The molecule has 11 nitrogen and oxygen atoms in total. The number of rotatable bonds is 12. The van der Waals surface area contributed by atoms with Crippen molar-refractivity contribution in [1.82, 2.24) is 20.9 Å². The van der Waals surface area contributed by atoms with E-state index in [4.69, 9.17) is 9.47 Å². The Labute approximate surface area is 217 Å². The van der Waals surface area contributed by atoms with Crippen molar-refractivity contribution in [3.05, 3.63) is 0 Å². The number of thioether (sulfide) groups is 1. The molecule has 1 saturated heterocycles. The molecule has 2 aliphatic rings. The maximum atomic E-state index is 13.6. The molecule has 4 amide bonds. The van der Waals surface area contributed by atoms with E-state index in [1.165, 1.54) is 18.9 Å². The van der Waals surface area contributed by atoms with Crippen molar-refractivity contribution in [2.24, 2.45) is 0 Å². The number of amides is 4. The minimum absolute atomic E-state index is 0.244. The number of carbonyl (C=O) groups excluding carboxylic acids is 5. The third kappa shape index (κ3) is 8.36. The van der Waals surface area contributed by atoms with Crippen molar-refractivity contribution < 1.29 is 33.4 Å². The second kappa shape index (κ2) is 15.0. The first-order valence-electron chi connectivity index (χ1n) is 12.6. The molecule has 12 heteroatoms. The summed E-state index contributed by atoms with van der Waals surface area (Å²) < 4.78 is 10.0. The van der Waals surface area contributed by atoms with Crippen LogP contribution in [0.5, 0.6) is 0 Å². The third-order valence-electron chi connectivity index (χ3n) is 6.60. The van der Waals surface area contributed by atoms with Crippen LogP contribution in [0.4, 0.5) is 4.79 Å². The second-order valence-electron chi connectivity index (χ2n) is 9.21. The molecule has 1 aliphatic heterocycles. The summed E-state index contributed by atoms with van der Waals surface area (Å²) in [4.78, 5) is 66.0. The summed E-state index contributed by atoms with van der Waals surface area (Å²) in [6, 6.07) is -2.37. The third-order valence-corrected chi connectivity index (χ3v) is 7.27. The van der Waals surface area contributed by atoms with Crippen LogP contribution in [0.1, 0.15) is 58.3 Å². The number of esters is 1. The average Bonchev–Trinajstić information content (AvgIpc) is 2.90. The number of nitrogens with one attached hydrogen (secondary N) is 3. The molecular weight excluding hydrogens is 488 g/mol. The molecule has 204 valence electrons. The van der Waals surface area contributed by atoms with Crippen LogP contribution in [0.3, 0.4) is 0 Å². The van der Waals surface area contributed by atoms with Crippen molar-refractivity contribution in [3.8, 4) is 0 Å². The number of ether oxygens (including phenoxy) is 2. The number of carbonyl (C=O) groups is 5. The Morgan fingerprint density at radius 1 is 1.03 bits per heavy atom. The van der Waals surface area contributed by atoms with E-state index in [9.17, 15) is 24.0 Å². The fourth-order valence-electron chi connectivity index (χ4n) is 4.45. The zero-order chi connectivity index (χ0) is 26.6. The lowest BCUT2D eigenvalue weighted by molar-refractivity contribution is -0.146. The summed E-state index contributed by atoms with van der Waals surface area (Å²) in [5.41, 5.74) is -1.15. The molecule has 0 aromatic heterocycles. The van der Waals surface area contributed by atoms with Gasteiger partial charge in [0.15, 0.2) is 0 Å². The van der Waals surface area contributed by atoms with E-state index in [1.54, 1.807) is 11.2 Å². The number of unbranched alkanes of at least 4 members (excludes halogenated alkanes) is 1. The van der Waals surface area contributed by atoms with Crippen LogP contribution in [0, 0.1) is 0 Å². The lowest BCUT2D eigenvalue weighted by atomic mass is 9.80. The van der Waals surface area contributed by atoms with Crippen molar-refractivity contribution in [1.29, 1.82) is 0 Å². The lowest BCUT2D eigenvalue weighted by Gasteiger charge is -2.39. The van der Waals surface area contributed by atoms with Gasteiger partial charge in [0.05, 0.1) is 26.4 Å². The number of hydrogen-bond donors (Lipinski definition) is 3. The molecule has 1 aliphatic carbocycles. The van der Waals surface area contributed by atoms with Crippen molar-refractivity contribution in [3.63, 3.8) is 0 Å². The minimum atomic E-state index is -1.15. The van der Waals surface area contributed by atoms with Gasteiger partial charge in [0.25, 0.3) is 5.91 Å². The number of morpholine rings is 1. The summed E-state index contributed by atoms with van der Waals surface area (Å²) in [6.45, 7) is 3.72. The Balaban J connectivity index is 2.16. The van der Waals surface area contributed by atoms with E-state index < -0.39 is 41.2 Å². The summed E-state index contributed by atoms with van der Waals surface area (Å²) in [5, 5.41) is 8.16. The molecule has 36 heavy (non-hydrogen) atoms. The Morgan fingerprint density at radius 3 is 2.28 bits per heavy atom. The molecule has 0 bridgehead atoms. The molecule has 0 unspecified atom stereocenters. The van der Waals surface area contributed by atoms with Gasteiger partial charge in [-0.2, -0.15) is 11.8 Å². The van der Waals surface area contributed by atoms with Gasteiger partial charge < -0.3 is 30.3 Å². The molecule has 1 heterocycles. The summed E-state index contributed by atoms with van der Waals surface area (Å²) in [7, 11) is 1.21. The number of Topliss-reactive ketones (excluding diaryl/α,β-unsaturated/α-hetero) is 1. The Bertz CT molecular complexity index is 782. The van der Waals surface area contributed by atoms with Crippen LogP contribution in [-0.4, -0.2) is 97.5 Å². The molecule has 0 spiro atoms. The molecule has 0 aromatic rings. The van der Waals surface area contributed by atoms with Gasteiger partial charge in [-0.3, -0.25) is 14.4 Å². The van der Waals surface area contributed by atoms with Gasteiger partial charge in [-0.1, -0.05) is 39.0 Å². The number of methoxy groups -OCH3 is 1. The standard InChI is InChI=1S/C24H40N4O7S/c1-4-5-9-17(19(29)20(30)25-18(16-36-3)21(31)34-2)26-22(32)24(10-7-6-8-11-24)27-23(33)28-12-14-35-15-13-28/h17-18H,4-16H2,1-3H3,(H,25,30)(H,26,32)(H,27,33)/t17-,18-/m0/s1. The topological polar surface area (TPSA) is 143 Å². The van der Waals surface area contributed by atoms with Crippen molar-refractivity contribution in [2.75, 3.05) is 45.4 Å². The van der Waals surface area contributed by atoms with Gasteiger partial charge in [0.1, 0.15) is 11.6 Å². The number of nitrogens with zero attached hydrogens (tertiary/aromatic N) is 1. The van der Waals surface area contributed by atoms with E-state index >= 15 is 0 Å². The summed E-state index contributed by atoms with van der Waals surface area (Å²) in [5.74, 6) is -2.63. The van der Waals surface area contributed by atoms with E-state index in [0.29, 0.717) is 45.6 Å². The molecule has 0 aromatic carbocycles. The molecule has 3 N–H and O–H groups in total. The fourth-order valence-corrected chi connectivity index (χ4v) is 5.01. The predicted molar refractivity (Wildman–Crippen MR) is 136 cm³/mol. The first-order chi connectivity index (χ1) is 17.3. The maximum absolute atomic E-state index is 13.6. The highest BCUT2D eigenvalue weighted by Crippen LogP contribution is 2.29. The van der Waals surface area contributed by atoms with Crippen LogP contribution in [0.15, 0.2) is 0 Å². The SMILES string of the molecule is CCCC[C@H](NC(=O)C1(NC(=O)N2CCOCC2)CCCCC1)C(=O)C(=O)N[C@@H](CSC)C(=O)OC. The average molecular weight is 529 g/mol. The molecule has 1 saturated carbocycles. The monoisotopic (exact) mass is 528 g/mol.